The number of fused-ring (bicyclic) bond motifs is 4. The van der Waals surface area contributed by atoms with Gasteiger partial charge in [-0.1, -0.05) is 60.7 Å². The summed E-state index contributed by atoms with van der Waals surface area (Å²) >= 11 is 2.29. The van der Waals surface area contributed by atoms with Gasteiger partial charge in [-0.3, -0.25) is 0 Å². The molecule has 0 atom stereocenters. The summed E-state index contributed by atoms with van der Waals surface area (Å²) in [5.74, 6) is 0.648. The van der Waals surface area contributed by atoms with Crippen molar-refractivity contribution < 1.29 is 4.42 Å². The molecular formula is C31H19IN2O. The van der Waals surface area contributed by atoms with E-state index >= 15 is 0 Å². The van der Waals surface area contributed by atoms with Crippen LogP contribution >= 0.6 is 22.6 Å². The first-order valence-corrected chi connectivity index (χ1v) is 12.6. The lowest BCUT2D eigenvalue weighted by molar-refractivity contribution is 0.620. The van der Waals surface area contributed by atoms with Crippen molar-refractivity contribution in [2.24, 2.45) is 0 Å². The number of rotatable bonds is 3. The minimum absolute atomic E-state index is 0.648. The molecule has 35 heavy (non-hydrogen) atoms. The number of halogens is 1. The molecule has 0 saturated carbocycles. The van der Waals surface area contributed by atoms with Crippen LogP contribution in [0.1, 0.15) is 0 Å². The molecule has 0 spiro atoms. The number of para-hydroxylation sites is 2. The van der Waals surface area contributed by atoms with E-state index in [0.717, 1.165) is 31.5 Å². The second-order valence-electron chi connectivity index (χ2n) is 8.62. The Balaban J connectivity index is 1.24. The zero-order valence-electron chi connectivity index (χ0n) is 18.7. The molecule has 3 nitrogen and oxygen atoms in total. The molecule has 0 amide bonds. The van der Waals surface area contributed by atoms with Crippen molar-refractivity contribution >= 4 is 55.5 Å². The van der Waals surface area contributed by atoms with Gasteiger partial charge in [0.25, 0.3) is 0 Å². The van der Waals surface area contributed by atoms with Gasteiger partial charge in [0.1, 0.15) is 5.52 Å². The number of oxazole rings is 1. The smallest absolute Gasteiger partial charge is 0.227 e. The van der Waals surface area contributed by atoms with E-state index in [1.54, 1.807) is 0 Å². The summed E-state index contributed by atoms with van der Waals surface area (Å²) in [5, 5.41) is 2.55. The van der Waals surface area contributed by atoms with Crippen molar-refractivity contribution in [2.45, 2.75) is 0 Å². The maximum atomic E-state index is 5.96. The molecule has 0 fully saturated rings. The number of aromatic nitrogens is 2. The fraction of sp³-hybridized carbons (Fsp3) is 0. The Morgan fingerprint density at radius 2 is 1.17 bits per heavy atom. The molecule has 0 aliphatic carbocycles. The summed E-state index contributed by atoms with van der Waals surface area (Å²) in [6, 6.07) is 40.4. The number of hydrogen-bond acceptors (Lipinski definition) is 2. The lowest BCUT2D eigenvalue weighted by Gasteiger charge is -2.09. The number of nitrogens with zero attached hydrogens (tertiary/aromatic N) is 2. The second-order valence-corrected chi connectivity index (χ2v) is 9.87. The van der Waals surface area contributed by atoms with Gasteiger partial charge in [0.05, 0.1) is 11.0 Å². The van der Waals surface area contributed by atoms with Crippen LogP contribution in [0.4, 0.5) is 0 Å². The van der Waals surface area contributed by atoms with Crippen LogP contribution in [-0.4, -0.2) is 9.55 Å². The van der Waals surface area contributed by atoms with Crippen LogP contribution in [0.15, 0.2) is 120 Å². The average molecular weight is 562 g/mol. The Kier molecular flexibility index (Phi) is 4.74. The van der Waals surface area contributed by atoms with Gasteiger partial charge in [-0.05, 0) is 88.3 Å². The summed E-state index contributed by atoms with van der Waals surface area (Å²) in [6.45, 7) is 0. The highest BCUT2D eigenvalue weighted by Crippen LogP contribution is 2.33. The predicted molar refractivity (Wildman–Crippen MR) is 152 cm³/mol. The third-order valence-corrected chi connectivity index (χ3v) is 7.19. The number of benzene rings is 5. The summed E-state index contributed by atoms with van der Waals surface area (Å²) in [5.41, 5.74) is 8.60. The minimum Gasteiger partial charge on any atom is -0.436 e. The summed E-state index contributed by atoms with van der Waals surface area (Å²) in [7, 11) is 0. The molecule has 0 aliphatic heterocycles. The van der Waals surface area contributed by atoms with Crippen LogP contribution in [0.5, 0.6) is 0 Å². The zero-order valence-corrected chi connectivity index (χ0v) is 20.8. The van der Waals surface area contributed by atoms with Gasteiger partial charge < -0.3 is 8.98 Å². The molecule has 0 N–H and O–H groups in total. The fourth-order valence-corrected chi connectivity index (χ4v) is 5.31. The largest absolute Gasteiger partial charge is 0.436 e. The van der Waals surface area contributed by atoms with Crippen LogP contribution in [0.3, 0.4) is 0 Å². The highest BCUT2D eigenvalue weighted by Gasteiger charge is 2.12. The Labute approximate surface area is 215 Å². The molecular weight excluding hydrogens is 543 g/mol. The van der Waals surface area contributed by atoms with E-state index in [0.29, 0.717) is 5.89 Å². The molecule has 7 aromatic rings. The molecule has 2 heterocycles. The fourth-order valence-electron chi connectivity index (χ4n) is 4.83. The Morgan fingerprint density at radius 1 is 0.600 bits per heavy atom. The molecule has 0 bridgehead atoms. The average Bonchev–Trinajstić information content (AvgIpc) is 3.48. The molecule has 166 valence electrons. The van der Waals surface area contributed by atoms with Crippen molar-refractivity contribution in [3.8, 4) is 28.3 Å². The maximum absolute atomic E-state index is 5.96. The van der Waals surface area contributed by atoms with Crippen molar-refractivity contribution in [3.63, 3.8) is 0 Å². The van der Waals surface area contributed by atoms with Crippen molar-refractivity contribution in [1.29, 1.82) is 0 Å². The van der Waals surface area contributed by atoms with Crippen molar-refractivity contribution in [3.05, 3.63) is 119 Å². The van der Waals surface area contributed by atoms with E-state index < -0.39 is 0 Å². The molecule has 0 saturated heterocycles. The summed E-state index contributed by atoms with van der Waals surface area (Å²) < 4.78 is 9.45. The van der Waals surface area contributed by atoms with E-state index in [4.69, 9.17) is 4.42 Å². The van der Waals surface area contributed by atoms with E-state index in [9.17, 15) is 0 Å². The van der Waals surface area contributed by atoms with Gasteiger partial charge in [-0.2, -0.15) is 0 Å². The SMILES string of the molecule is Ic1ccc2oc(-c3ccc(-c4ccc(-n5c6ccccc6c6ccccc65)cc4)cc3)nc2c1. The summed E-state index contributed by atoms with van der Waals surface area (Å²) in [6.07, 6.45) is 0. The first-order valence-electron chi connectivity index (χ1n) is 11.5. The van der Waals surface area contributed by atoms with Crippen LogP contribution in [0.25, 0.3) is 61.2 Å². The molecule has 0 aliphatic rings. The van der Waals surface area contributed by atoms with Gasteiger partial charge in [-0.15, -0.1) is 0 Å². The van der Waals surface area contributed by atoms with Crippen molar-refractivity contribution in [1.82, 2.24) is 9.55 Å². The lowest BCUT2D eigenvalue weighted by atomic mass is 10.0. The topological polar surface area (TPSA) is 31.0 Å². The first kappa shape index (κ1) is 20.5. The molecule has 7 rings (SSSR count). The molecule has 5 aromatic carbocycles. The molecule has 0 unspecified atom stereocenters. The van der Waals surface area contributed by atoms with E-state index in [2.05, 4.69) is 129 Å². The maximum Gasteiger partial charge on any atom is 0.227 e. The predicted octanol–water partition coefficient (Wildman–Crippen LogP) is 8.86. The first-order chi connectivity index (χ1) is 17.2. The third kappa shape index (κ3) is 3.44. The van der Waals surface area contributed by atoms with E-state index in [-0.39, 0.29) is 0 Å². The van der Waals surface area contributed by atoms with Gasteiger partial charge >= 0.3 is 0 Å². The molecule has 0 radical (unpaired) electrons. The normalized spacial score (nSPS) is 11.6. The van der Waals surface area contributed by atoms with Gasteiger partial charge in [0.15, 0.2) is 5.58 Å². The Bertz CT molecular complexity index is 1790. The third-order valence-electron chi connectivity index (χ3n) is 6.52. The standard InChI is InChI=1S/C31H19IN2O/c32-23-15-18-30-27(19-23)33-31(35-30)22-11-9-20(10-12-22)21-13-16-24(17-14-21)34-28-7-3-1-5-25(28)26-6-2-4-8-29(26)34/h1-19H. The quantitative estimate of drug-likeness (QED) is 0.202. The monoisotopic (exact) mass is 562 g/mol. The van der Waals surface area contributed by atoms with Crippen LogP contribution < -0.4 is 0 Å². The van der Waals surface area contributed by atoms with Crippen molar-refractivity contribution in [2.75, 3.05) is 0 Å². The lowest BCUT2D eigenvalue weighted by Crippen LogP contribution is -1.93. The highest BCUT2D eigenvalue weighted by atomic mass is 127. The van der Waals surface area contributed by atoms with Gasteiger partial charge in [-0.25, -0.2) is 4.98 Å². The van der Waals surface area contributed by atoms with E-state index in [1.165, 1.54) is 27.4 Å². The van der Waals surface area contributed by atoms with E-state index in [1.807, 2.05) is 18.2 Å². The van der Waals surface area contributed by atoms with Gasteiger partial charge in [0.2, 0.25) is 5.89 Å². The Hall–Kier alpha value is -3.90. The zero-order chi connectivity index (χ0) is 23.4. The minimum atomic E-state index is 0.648. The van der Waals surface area contributed by atoms with Crippen LogP contribution in [0.2, 0.25) is 0 Å². The summed E-state index contributed by atoms with van der Waals surface area (Å²) in [4.78, 5) is 4.66. The number of hydrogen-bond donors (Lipinski definition) is 0. The van der Waals surface area contributed by atoms with Crippen LogP contribution in [-0.2, 0) is 0 Å². The second kappa shape index (κ2) is 8.10. The van der Waals surface area contributed by atoms with Gasteiger partial charge in [0, 0.05) is 25.6 Å². The highest BCUT2D eigenvalue weighted by molar-refractivity contribution is 14.1. The Morgan fingerprint density at radius 3 is 1.83 bits per heavy atom. The molecule has 4 heteroatoms. The molecule has 2 aromatic heterocycles. The van der Waals surface area contributed by atoms with Crippen LogP contribution in [0, 0.1) is 3.57 Å².